The normalized spacial score (nSPS) is 20.1. The van der Waals surface area contributed by atoms with E-state index in [2.05, 4.69) is 9.88 Å². The summed E-state index contributed by atoms with van der Waals surface area (Å²) in [5.74, 6) is 0.541. The van der Waals surface area contributed by atoms with Crippen LogP contribution < -0.4 is 5.73 Å². The van der Waals surface area contributed by atoms with Crippen molar-refractivity contribution in [3.63, 3.8) is 0 Å². The van der Waals surface area contributed by atoms with Crippen molar-refractivity contribution in [2.45, 2.75) is 26.8 Å². The highest BCUT2D eigenvalue weighted by Crippen LogP contribution is 2.19. The van der Waals surface area contributed by atoms with Crippen LogP contribution in [0.3, 0.4) is 0 Å². The molecule has 2 rings (SSSR count). The summed E-state index contributed by atoms with van der Waals surface area (Å²) in [7, 11) is -2.86. The molecule has 0 saturated carbocycles. The Bertz CT molecular complexity index is 569. The monoisotopic (exact) mass is 283 g/mol. The Hall–Kier alpha value is -1.14. The van der Waals surface area contributed by atoms with E-state index in [-0.39, 0.29) is 5.75 Å². The standard InChI is InChI=1S/C13H21N3O2S/c1-10-8-15-12(11(2)13(10)14)9-16-4-3-6-19(17,18)7-5-16/h8H,3-7,9H2,1-2H3,(H2,14,15). The van der Waals surface area contributed by atoms with Crippen LogP contribution in [0.25, 0.3) is 0 Å². The quantitative estimate of drug-likeness (QED) is 0.872. The predicted octanol–water partition coefficient (Wildman–Crippen LogP) is 0.901. The van der Waals surface area contributed by atoms with E-state index in [4.69, 9.17) is 5.73 Å². The van der Waals surface area contributed by atoms with Crippen LogP contribution in [0.5, 0.6) is 0 Å². The number of rotatable bonds is 2. The van der Waals surface area contributed by atoms with Crippen molar-refractivity contribution in [3.8, 4) is 0 Å². The molecule has 5 nitrogen and oxygen atoms in total. The van der Waals surface area contributed by atoms with Gasteiger partial charge in [0.25, 0.3) is 0 Å². The lowest BCUT2D eigenvalue weighted by atomic mass is 10.1. The Morgan fingerprint density at radius 2 is 2.05 bits per heavy atom. The van der Waals surface area contributed by atoms with E-state index in [1.165, 1.54) is 0 Å². The number of nitrogens with zero attached hydrogens (tertiary/aromatic N) is 2. The third kappa shape index (κ3) is 3.45. The molecule has 1 fully saturated rings. The number of nitrogen functional groups attached to an aromatic ring is 1. The van der Waals surface area contributed by atoms with E-state index in [0.717, 1.165) is 29.1 Å². The summed E-state index contributed by atoms with van der Waals surface area (Å²) in [6.07, 6.45) is 2.48. The maximum atomic E-state index is 11.6. The highest BCUT2D eigenvalue weighted by molar-refractivity contribution is 7.91. The molecule has 0 bridgehead atoms. The van der Waals surface area contributed by atoms with Gasteiger partial charge in [0.05, 0.1) is 17.2 Å². The maximum absolute atomic E-state index is 11.6. The summed E-state index contributed by atoms with van der Waals surface area (Å²) >= 11 is 0. The first-order valence-corrected chi connectivity index (χ1v) is 8.34. The molecule has 6 heteroatoms. The van der Waals surface area contributed by atoms with Gasteiger partial charge in [-0.05, 0) is 37.9 Å². The Morgan fingerprint density at radius 1 is 1.32 bits per heavy atom. The van der Waals surface area contributed by atoms with Gasteiger partial charge in [-0.1, -0.05) is 0 Å². The number of hydrogen-bond acceptors (Lipinski definition) is 5. The van der Waals surface area contributed by atoms with Crippen molar-refractivity contribution in [3.05, 3.63) is 23.0 Å². The lowest BCUT2D eigenvalue weighted by Gasteiger charge is -2.20. The molecule has 0 aliphatic carbocycles. The molecule has 0 amide bonds. The summed E-state index contributed by atoms with van der Waals surface area (Å²) in [5, 5.41) is 0. The third-order valence-corrected chi connectivity index (χ3v) is 5.41. The maximum Gasteiger partial charge on any atom is 0.151 e. The zero-order chi connectivity index (χ0) is 14.0. The van der Waals surface area contributed by atoms with Gasteiger partial charge in [-0.15, -0.1) is 0 Å². The summed E-state index contributed by atoms with van der Waals surface area (Å²) in [6, 6.07) is 0. The summed E-state index contributed by atoms with van der Waals surface area (Å²) in [5.41, 5.74) is 9.73. The first kappa shape index (κ1) is 14.3. The number of pyridine rings is 1. The molecule has 0 unspecified atom stereocenters. The van der Waals surface area contributed by atoms with E-state index in [0.29, 0.717) is 25.3 Å². The van der Waals surface area contributed by atoms with Crippen LogP contribution in [0, 0.1) is 13.8 Å². The topological polar surface area (TPSA) is 76.3 Å². The van der Waals surface area contributed by atoms with Crippen molar-refractivity contribution in [2.24, 2.45) is 0 Å². The smallest absolute Gasteiger partial charge is 0.151 e. The Kier molecular flexibility index (Phi) is 4.10. The minimum absolute atomic E-state index is 0.243. The van der Waals surface area contributed by atoms with Crippen molar-refractivity contribution in [1.29, 1.82) is 0 Å². The van der Waals surface area contributed by atoms with Crippen molar-refractivity contribution >= 4 is 15.5 Å². The highest BCUT2D eigenvalue weighted by Gasteiger charge is 2.20. The zero-order valence-electron chi connectivity index (χ0n) is 11.5. The molecular weight excluding hydrogens is 262 g/mol. The van der Waals surface area contributed by atoms with E-state index < -0.39 is 9.84 Å². The Balaban J connectivity index is 2.11. The van der Waals surface area contributed by atoms with Crippen LogP contribution in [0.15, 0.2) is 6.20 Å². The van der Waals surface area contributed by atoms with Crippen LogP contribution in [0.4, 0.5) is 5.69 Å². The molecule has 2 N–H and O–H groups in total. The second-order valence-electron chi connectivity index (χ2n) is 5.21. The fourth-order valence-corrected chi connectivity index (χ4v) is 3.62. The van der Waals surface area contributed by atoms with Crippen LogP contribution in [-0.4, -0.2) is 42.9 Å². The number of anilines is 1. The summed E-state index contributed by atoms with van der Waals surface area (Å²) in [6.45, 7) is 5.97. The first-order chi connectivity index (χ1) is 8.89. The average molecular weight is 283 g/mol. The number of aryl methyl sites for hydroxylation is 1. The van der Waals surface area contributed by atoms with Crippen LogP contribution >= 0.6 is 0 Å². The second-order valence-corrected chi connectivity index (χ2v) is 7.51. The second kappa shape index (κ2) is 5.46. The molecule has 0 atom stereocenters. The van der Waals surface area contributed by atoms with Gasteiger partial charge in [0.1, 0.15) is 0 Å². The van der Waals surface area contributed by atoms with Crippen molar-refractivity contribution < 1.29 is 8.42 Å². The molecule has 19 heavy (non-hydrogen) atoms. The molecule has 2 heterocycles. The lowest BCUT2D eigenvalue weighted by molar-refractivity contribution is 0.283. The molecule has 0 spiro atoms. The van der Waals surface area contributed by atoms with Gasteiger partial charge in [0, 0.05) is 25.0 Å². The lowest BCUT2D eigenvalue weighted by Crippen LogP contribution is -2.27. The van der Waals surface area contributed by atoms with Gasteiger partial charge in [0.15, 0.2) is 9.84 Å². The molecule has 1 saturated heterocycles. The number of aromatic nitrogens is 1. The Morgan fingerprint density at radius 3 is 2.79 bits per heavy atom. The fourth-order valence-electron chi connectivity index (χ4n) is 2.31. The molecule has 0 radical (unpaired) electrons. The van der Waals surface area contributed by atoms with Crippen molar-refractivity contribution in [2.75, 3.05) is 30.3 Å². The molecule has 1 aromatic heterocycles. The van der Waals surface area contributed by atoms with Crippen molar-refractivity contribution in [1.82, 2.24) is 9.88 Å². The van der Waals surface area contributed by atoms with E-state index in [1.54, 1.807) is 6.20 Å². The molecule has 1 aliphatic heterocycles. The molecule has 1 aromatic rings. The minimum Gasteiger partial charge on any atom is -0.398 e. The van der Waals surface area contributed by atoms with Gasteiger partial charge in [-0.3, -0.25) is 9.88 Å². The predicted molar refractivity (Wildman–Crippen MR) is 76.7 cm³/mol. The molecule has 106 valence electrons. The Labute approximate surface area is 114 Å². The number of hydrogen-bond donors (Lipinski definition) is 1. The number of nitrogens with two attached hydrogens (primary N) is 1. The van der Waals surface area contributed by atoms with Gasteiger partial charge < -0.3 is 5.73 Å². The first-order valence-electron chi connectivity index (χ1n) is 6.52. The highest BCUT2D eigenvalue weighted by atomic mass is 32.2. The molecule has 1 aliphatic rings. The van der Waals surface area contributed by atoms with Crippen LogP contribution in [-0.2, 0) is 16.4 Å². The third-order valence-electron chi connectivity index (χ3n) is 3.70. The number of sulfone groups is 1. The van der Waals surface area contributed by atoms with E-state index in [9.17, 15) is 8.42 Å². The van der Waals surface area contributed by atoms with Gasteiger partial charge in [-0.25, -0.2) is 8.42 Å². The van der Waals surface area contributed by atoms with Crippen LogP contribution in [0.2, 0.25) is 0 Å². The van der Waals surface area contributed by atoms with E-state index >= 15 is 0 Å². The van der Waals surface area contributed by atoms with Gasteiger partial charge in [-0.2, -0.15) is 0 Å². The largest absolute Gasteiger partial charge is 0.398 e. The zero-order valence-corrected chi connectivity index (χ0v) is 12.3. The SMILES string of the molecule is Cc1cnc(CN2CCCS(=O)(=O)CC2)c(C)c1N. The fraction of sp³-hybridized carbons (Fsp3) is 0.615. The molecular formula is C13H21N3O2S. The van der Waals surface area contributed by atoms with Gasteiger partial charge >= 0.3 is 0 Å². The minimum atomic E-state index is -2.86. The van der Waals surface area contributed by atoms with Gasteiger partial charge in [0.2, 0.25) is 0 Å². The average Bonchev–Trinajstić information content (AvgIpc) is 2.52. The van der Waals surface area contributed by atoms with Crippen LogP contribution in [0.1, 0.15) is 23.2 Å². The molecule has 0 aromatic carbocycles. The van der Waals surface area contributed by atoms with E-state index in [1.807, 2.05) is 13.8 Å². The summed E-state index contributed by atoms with van der Waals surface area (Å²) < 4.78 is 23.1. The summed E-state index contributed by atoms with van der Waals surface area (Å²) in [4.78, 5) is 6.58.